The van der Waals surface area contributed by atoms with Crippen LogP contribution in [0, 0.1) is 13.8 Å². The van der Waals surface area contributed by atoms with E-state index in [0.717, 1.165) is 6.42 Å². The van der Waals surface area contributed by atoms with Gasteiger partial charge in [-0.2, -0.15) is 0 Å². The van der Waals surface area contributed by atoms with E-state index in [2.05, 4.69) is 38.1 Å². The second kappa shape index (κ2) is 2.71. The Balaban J connectivity index is 2.25. The van der Waals surface area contributed by atoms with E-state index >= 15 is 0 Å². The zero-order chi connectivity index (χ0) is 9.71. The molecule has 0 saturated heterocycles. The smallest absolute Gasteiger partial charge is 0.0171 e. The van der Waals surface area contributed by atoms with Crippen LogP contribution in [0.15, 0.2) is 24.3 Å². The van der Waals surface area contributed by atoms with Crippen LogP contribution in [0.2, 0.25) is 0 Å². The van der Waals surface area contributed by atoms with Gasteiger partial charge in [-0.25, -0.2) is 0 Å². The van der Waals surface area contributed by atoms with Gasteiger partial charge < -0.3 is 0 Å². The first kappa shape index (κ1) is 8.25. The summed E-state index contributed by atoms with van der Waals surface area (Å²) in [5.74, 6) is 0. The first-order valence-electron chi connectivity index (χ1n) is 4.93. The molecule has 1 heteroatoms. The van der Waals surface area contributed by atoms with E-state index in [4.69, 9.17) is 0 Å². The monoisotopic (exact) mass is 200 g/mol. The fourth-order valence-corrected chi connectivity index (χ4v) is 3.30. The van der Waals surface area contributed by atoms with Crippen LogP contribution in [0.5, 0.6) is 0 Å². The quantitative estimate of drug-likeness (QED) is 0.515. The molecule has 0 amide bonds. The van der Waals surface area contributed by atoms with Gasteiger partial charge in [-0.15, -0.1) is 11.3 Å². The van der Waals surface area contributed by atoms with Gasteiger partial charge in [0.2, 0.25) is 0 Å². The Bertz CT molecular complexity index is 506. The highest BCUT2D eigenvalue weighted by atomic mass is 32.1. The van der Waals surface area contributed by atoms with Crippen molar-refractivity contribution < 1.29 is 0 Å². The molecule has 0 radical (unpaired) electrons. The summed E-state index contributed by atoms with van der Waals surface area (Å²) in [6.45, 7) is 4.36. The molecular weight excluding hydrogens is 188 g/mol. The van der Waals surface area contributed by atoms with Crippen molar-refractivity contribution in [2.24, 2.45) is 0 Å². The number of aryl methyl sites for hydroxylation is 2. The SMILES string of the molecule is Cc1ccc2c(c1)Cc1sc(C)cc1-2. The van der Waals surface area contributed by atoms with Gasteiger partial charge >= 0.3 is 0 Å². The molecule has 3 rings (SSSR count). The molecule has 0 unspecified atom stereocenters. The Morgan fingerprint density at radius 2 is 1.93 bits per heavy atom. The molecule has 1 heterocycles. The van der Waals surface area contributed by atoms with Crippen molar-refractivity contribution in [3.8, 4) is 11.1 Å². The maximum Gasteiger partial charge on any atom is 0.0171 e. The molecule has 14 heavy (non-hydrogen) atoms. The Hall–Kier alpha value is -1.08. The third-order valence-electron chi connectivity index (χ3n) is 2.83. The molecule has 0 N–H and O–H groups in total. The third kappa shape index (κ3) is 1.05. The molecule has 0 spiro atoms. The largest absolute Gasteiger partial charge is 0.145 e. The van der Waals surface area contributed by atoms with Crippen molar-refractivity contribution in [3.63, 3.8) is 0 Å². The fraction of sp³-hybridized carbons (Fsp3) is 0.231. The maximum atomic E-state index is 2.32. The number of fused-ring (bicyclic) bond motifs is 3. The topological polar surface area (TPSA) is 0 Å². The van der Waals surface area contributed by atoms with E-state index in [1.807, 2.05) is 11.3 Å². The van der Waals surface area contributed by atoms with E-state index < -0.39 is 0 Å². The zero-order valence-corrected chi connectivity index (χ0v) is 9.24. The summed E-state index contributed by atoms with van der Waals surface area (Å²) in [7, 11) is 0. The van der Waals surface area contributed by atoms with Crippen LogP contribution in [0.3, 0.4) is 0 Å². The summed E-state index contributed by atoms with van der Waals surface area (Å²) in [4.78, 5) is 2.98. The summed E-state index contributed by atoms with van der Waals surface area (Å²) in [5.41, 5.74) is 5.80. The first-order valence-corrected chi connectivity index (χ1v) is 5.75. The van der Waals surface area contributed by atoms with Crippen molar-refractivity contribution in [1.82, 2.24) is 0 Å². The van der Waals surface area contributed by atoms with Crippen LogP contribution in [0.4, 0.5) is 0 Å². The molecule has 0 atom stereocenters. The van der Waals surface area contributed by atoms with Crippen LogP contribution in [0.25, 0.3) is 11.1 Å². The predicted molar refractivity (Wildman–Crippen MR) is 62.0 cm³/mol. The molecule has 0 aliphatic heterocycles. The Kier molecular flexibility index (Phi) is 1.59. The molecule has 0 saturated carbocycles. The predicted octanol–water partition coefficient (Wildman–Crippen LogP) is 3.94. The Morgan fingerprint density at radius 3 is 2.79 bits per heavy atom. The summed E-state index contributed by atoms with van der Waals surface area (Å²) in [5, 5.41) is 0. The zero-order valence-electron chi connectivity index (χ0n) is 8.42. The van der Waals surface area contributed by atoms with Gasteiger partial charge in [0.25, 0.3) is 0 Å². The van der Waals surface area contributed by atoms with Gasteiger partial charge in [-0.05, 0) is 36.6 Å². The van der Waals surface area contributed by atoms with Crippen LogP contribution in [0.1, 0.15) is 20.9 Å². The van der Waals surface area contributed by atoms with Gasteiger partial charge in [0.1, 0.15) is 0 Å². The summed E-state index contributed by atoms with van der Waals surface area (Å²) in [6.07, 6.45) is 1.14. The summed E-state index contributed by atoms with van der Waals surface area (Å²) >= 11 is 1.94. The van der Waals surface area contributed by atoms with Gasteiger partial charge in [0.15, 0.2) is 0 Å². The Labute approximate surface area is 88.2 Å². The van der Waals surface area contributed by atoms with Crippen molar-refractivity contribution >= 4 is 11.3 Å². The molecule has 1 aliphatic carbocycles. The highest BCUT2D eigenvalue weighted by Crippen LogP contribution is 2.41. The lowest BCUT2D eigenvalue weighted by atomic mass is 10.0. The van der Waals surface area contributed by atoms with E-state index in [9.17, 15) is 0 Å². The summed E-state index contributed by atoms with van der Waals surface area (Å²) < 4.78 is 0. The number of hydrogen-bond donors (Lipinski definition) is 0. The number of benzene rings is 1. The average molecular weight is 200 g/mol. The van der Waals surface area contributed by atoms with Crippen LogP contribution in [-0.2, 0) is 6.42 Å². The van der Waals surface area contributed by atoms with E-state index in [1.165, 1.54) is 27.1 Å². The average Bonchev–Trinajstić information content (AvgIpc) is 2.59. The molecule has 1 aromatic heterocycles. The normalized spacial score (nSPS) is 12.7. The molecule has 0 bridgehead atoms. The molecule has 1 aromatic carbocycles. The van der Waals surface area contributed by atoms with Crippen LogP contribution >= 0.6 is 11.3 Å². The molecular formula is C13H12S. The minimum atomic E-state index is 1.14. The van der Waals surface area contributed by atoms with Crippen molar-refractivity contribution in [2.45, 2.75) is 20.3 Å². The van der Waals surface area contributed by atoms with E-state index in [0.29, 0.717) is 0 Å². The van der Waals surface area contributed by atoms with Gasteiger partial charge in [0.05, 0.1) is 0 Å². The molecule has 1 aliphatic rings. The molecule has 70 valence electrons. The van der Waals surface area contributed by atoms with Crippen LogP contribution < -0.4 is 0 Å². The number of thiophene rings is 1. The lowest BCUT2D eigenvalue weighted by Gasteiger charge is -2.00. The third-order valence-corrected chi connectivity index (χ3v) is 3.88. The fourth-order valence-electron chi connectivity index (χ4n) is 2.23. The second-order valence-electron chi connectivity index (χ2n) is 4.03. The van der Waals surface area contributed by atoms with Gasteiger partial charge in [-0.1, -0.05) is 23.8 Å². The van der Waals surface area contributed by atoms with Crippen molar-refractivity contribution in [1.29, 1.82) is 0 Å². The first-order chi connectivity index (χ1) is 6.74. The number of hydrogen-bond acceptors (Lipinski definition) is 1. The van der Waals surface area contributed by atoms with Crippen molar-refractivity contribution in [2.75, 3.05) is 0 Å². The maximum absolute atomic E-state index is 2.32. The van der Waals surface area contributed by atoms with Gasteiger partial charge in [0, 0.05) is 16.2 Å². The minimum absolute atomic E-state index is 1.14. The number of rotatable bonds is 0. The lowest BCUT2D eigenvalue weighted by Crippen LogP contribution is -1.81. The van der Waals surface area contributed by atoms with E-state index in [-0.39, 0.29) is 0 Å². The van der Waals surface area contributed by atoms with Crippen LogP contribution in [-0.4, -0.2) is 0 Å². The molecule has 0 nitrogen and oxygen atoms in total. The molecule has 0 fully saturated rings. The molecule has 2 aromatic rings. The standard InChI is InChI=1S/C13H12S/c1-8-3-4-11-10(5-8)7-13-12(11)6-9(2)14-13/h3-6H,7H2,1-2H3. The van der Waals surface area contributed by atoms with Crippen molar-refractivity contribution in [3.05, 3.63) is 45.1 Å². The highest BCUT2D eigenvalue weighted by Gasteiger charge is 2.20. The lowest BCUT2D eigenvalue weighted by molar-refractivity contribution is 1.28. The Morgan fingerprint density at radius 1 is 1.07 bits per heavy atom. The minimum Gasteiger partial charge on any atom is -0.145 e. The summed E-state index contributed by atoms with van der Waals surface area (Å²) in [6, 6.07) is 9.11. The van der Waals surface area contributed by atoms with E-state index in [1.54, 1.807) is 4.88 Å². The second-order valence-corrected chi connectivity index (χ2v) is 5.37. The van der Waals surface area contributed by atoms with Gasteiger partial charge in [-0.3, -0.25) is 0 Å². The highest BCUT2D eigenvalue weighted by molar-refractivity contribution is 7.12.